The molecule has 2 atom stereocenters. The molecule has 6 aromatic rings. The van der Waals surface area contributed by atoms with Crippen molar-refractivity contribution in [2.75, 3.05) is 0 Å². The lowest BCUT2D eigenvalue weighted by Crippen LogP contribution is -2.23. The first-order valence-corrected chi connectivity index (χ1v) is 20.5. The Bertz CT molecular complexity index is 2730. The SMILES string of the molecule is O=C(OCc1ccccc1)C1=CC2c3sc(C=C4C(=O)c5ccccc5C4=O)nc3C(C(=O)OCc3ccccc3)=CC2c2sc(C=C3C(=O)c4ccccc4C3=O)nc21. The maximum atomic E-state index is 14.1. The molecular formula is C48H28N2O8S2. The number of ether oxygens (including phenoxy) is 2. The van der Waals surface area contributed by atoms with Crippen LogP contribution in [0, 0.1) is 0 Å². The van der Waals surface area contributed by atoms with Crippen molar-refractivity contribution in [1.82, 2.24) is 9.97 Å². The van der Waals surface area contributed by atoms with E-state index in [4.69, 9.17) is 19.4 Å². The maximum absolute atomic E-state index is 14.1. The predicted octanol–water partition coefficient (Wildman–Crippen LogP) is 8.67. The van der Waals surface area contributed by atoms with Gasteiger partial charge in [0.15, 0.2) is 23.1 Å². The highest BCUT2D eigenvalue weighted by atomic mass is 32.1. The van der Waals surface area contributed by atoms with Crippen LogP contribution < -0.4 is 0 Å². The van der Waals surface area contributed by atoms with Crippen molar-refractivity contribution in [2.45, 2.75) is 25.0 Å². The molecule has 0 N–H and O–H groups in total. The molecule has 0 spiro atoms. The zero-order valence-corrected chi connectivity index (χ0v) is 32.9. The summed E-state index contributed by atoms with van der Waals surface area (Å²) in [5.74, 6) is -4.11. The molecule has 0 aliphatic heterocycles. The molecule has 0 fully saturated rings. The third kappa shape index (κ3) is 6.33. The fourth-order valence-electron chi connectivity index (χ4n) is 7.85. The number of Topliss-reactive ketones (excluding diaryl/α,β-unsaturated/α-hetero) is 4. The van der Waals surface area contributed by atoms with E-state index in [9.17, 15) is 28.8 Å². The summed E-state index contributed by atoms with van der Waals surface area (Å²) < 4.78 is 11.7. The van der Waals surface area contributed by atoms with Gasteiger partial charge in [-0.05, 0) is 23.3 Å². The van der Waals surface area contributed by atoms with Crippen LogP contribution in [0.2, 0.25) is 0 Å². The van der Waals surface area contributed by atoms with Crippen LogP contribution in [-0.4, -0.2) is 45.0 Å². The Kier molecular flexibility index (Phi) is 9.15. The summed E-state index contributed by atoms with van der Waals surface area (Å²) in [6.45, 7) is -0.0118. The van der Waals surface area contributed by atoms with Crippen LogP contribution in [0.25, 0.3) is 23.3 Å². The van der Waals surface area contributed by atoms with Gasteiger partial charge in [0.2, 0.25) is 0 Å². The van der Waals surface area contributed by atoms with E-state index in [1.165, 1.54) is 34.8 Å². The number of aromatic nitrogens is 2. The highest BCUT2D eigenvalue weighted by Gasteiger charge is 2.43. The molecule has 0 saturated carbocycles. The second-order valence-corrected chi connectivity index (χ2v) is 16.5. The second-order valence-electron chi connectivity index (χ2n) is 14.4. The molecule has 4 aliphatic rings. The van der Waals surface area contributed by atoms with Crippen molar-refractivity contribution in [3.8, 4) is 0 Å². The number of esters is 2. The minimum absolute atomic E-state index is 0.00592. The largest absolute Gasteiger partial charge is 0.457 e. The van der Waals surface area contributed by atoms with Crippen molar-refractivity contribution in [1.29, 1.82) is 0 Å². The lowest BCUT2D eigenvalue weighted by atomic mass is 9.76. The van der Waals surface area contributed by atoms with Crippen LogP contribution >= 0.6 is 22.7 Å². The van der Waals surface area contributed by atoms with Gasteiger partial charge >= 0.3 is 11.9 Å². The molecule has 4 aromatic carbocycles. The van der Waals surface area contributed by atoms with Crippen LogP contribution in [-0.2, 0) is 32.3 Å². The zero-order chi connectivity index (χ0) is 41.1. The molecule has 0 saturated heterocycles. The number of carbonyl (C=O) groups is 6. The number of rotatable bonds is 8. The highest BCUT2D eigenvalue weighted by molar-refractivity contribution is 7.13. The van der Waals surface area contributed by atoms with Gasteiger partial charge in [-0.25, -0.2) is 19.6 Å². The lowest BCUT2D eigenvalue weighted by Gasteiger charge is -2.30. The molecule has 10 rings (SSSR count). The van der Waals surface area contributed by atoms with Gasteiger partial charge in [-0.3, -0.25) is 19.2 Å². The lowest BCUT2D eigenvalue weighted by molar-refractivity contribution is -0.138. The normalized spacial score (nSPS) is 17.2. The molecule has 290 valence electrons. The topological polar surface area (TPSA) is 147 Å². The zero-order valence-electron chi connectivity index (χ0n) is 31.2. The summed E-state index contributed by atoms with van der Waals surface area (Å²) in [5, 5.41) is 0.624. The van der Waals surface area contributed by atoms with Gasteiger partial charge in [-0.2, -0.15) is 0 Å². The number of nitrogens with zero attached hydrogens (tertiary/aromatic N) is 2. The molecule has 2 unspecified atom stereocenters. The standard InChI is InChI=1S/C48H28N2O8S2/c51-41-27-15-7-8-16-28(27)42(52)35(41)21-37-49-39-33(47(55)57-23-25-11-3-1-4-12-25)19-31-32(45(39)59-37)20-34(48(56)58-24-26-13-5-2-6-14-26)40-46(31)60-38(50-40)22-36-43(53)29-17-9-10-18-30(29)44(36)54/h1-22,31-32H,23-24H2. The van der Waals surface area contributed by atoms with E-state index in [-0.39, 0.29) is 35.5 Å². The molecule has 0 bridgehead atoms. The second kappa shape index (κ2) is 14.8. The summed E-state index contributed by atoms with van der Waals surface area (Å²) in [5.41, 5.74) is 3.62. The van der Waals surface area contributed by atoms with Crippen LogP contribution in [0.5, 0.6) is 0 Å². The van der Waals surface area contributed by atoms with Crippen molar-refractivity contribution in [3.63, 3.8) is 0 Å². The molecule has 0 amide bonds. The van der Waals surface area contributed by atoms with Crippen molar-refractivity contribution < 1.29 is 38.2 Å². The fourth-order valence-corrected chi connectivity index (χ4v) is 10.1. The van der Waals surface area contributed by atoms with Crippen LogP contribution in [0.1, 0.15) is 95.6 Å². The predicted molar refractivity (Wildman–Crippen MR) is 224 cm³/mol. The van der Waals surface area contributed by atoms with E-state index in [1.54, 1.807) is 60.7 Å². The van der Waals surface area contributed by atoms with Gasteiger partial charge < -0.3 is 9.47 Å². The van der Waals surface area contributed by atoms with Gasteiger partial charge in [0.25, 0.3) is 0 Å². The van der Waals surface area contributed by atoms with E-state index in [2.05, 4.69) is 0 Å². The fraction of sp³-hybridized carbons (Fsp3) is 0.0833. The summed E-state index contributed by atoms with van der Waals surface area (Å²) in [6.07, 6.45) is 6.40. The van der Waals surface area contributed by atoms with E-state index in [0.29, 0.717) is 53.4 Å². The monoisotopic (exact) mass is 824 g/mol. The third-order valence-electron chi connectivity index (χ3n) is 10.7. The Morgan fingerprint density at radius 2 is 0.833 bits per heavy atom. The maximum Gasteiger partial charge on any atom is 0.340 e. The first-order chi connectivity index (χ1) is 29.2. The van der Waals surface area contributed by atoms with E-state index in [0.717, 1.165) is 11.1 Å². The molecule has 10 nitrogen and oxygen atoms in total. The number of hydrogen-bond donors (Lipinski definition) is 0. The van der Waals surface area contributed by atoms with Crippen molar-refractivity contribution in [2.24, 2.45) is 0 Å². The van der Waals surface area contributed by atoms with E-state index in [1.807, 2.05) is 60.7 Å². The quantitative estimate of drug-likeness (QED) is 0.0830. The molecule has 2 aromatic heterocycles. The number of fused-ring (bicyclic) bond motifs is 7. The Morgan fingerprint density at radius 3 is 1.18 bits per heavy atom. The molecule has 60 heavy (non-hydrogen) atoms. The Balaban J connectivity index is 1.09. The van der Waals surface area contributed by atoms with Crippen LogP contribution in [0.4, 0.5) is 0 Å². The summed E-state index contributed by atoms with van der Waals surface area (Å²) in [7, 11) is 0. The van der Waals surface area contributed by atoms with Gasteiger partial charge in [0.05, 0.1) is 33.7 Å². The van der Waals surface area contributed by atoms with Crippen molar-refractivity contribution >= 4 is 81.0 Å². The number of thiazole rings is 2. The summed E-state index contributed by atoms with van der Waals surface area (Å²) in [4.78, 5) is 92.7. The smallest absolute Gasteiger partial charge is 0.340 e. The van der Waals surface area contributed by atoms with E-state index < -0.39 is 46.9 Å². The average Bonchev–Trinajstić information content (AvgIpc) is 4.03. The van der Waals surface area contributed by atoms with Gasteiger partial charge in [-0.15, -0.1) is 22.7 Å². The van der Waals surface area contributed by atoms with Crippen molar-refractivity contribution in [3.05, 3.63) is 197 Å². The number of benzene rings is 4. The molecular weight excluding hydrogens is 797 g/mol. The minimum Gasteiger partial charge on any atom is -0.457 e. The Morgan fingerprint density at radius 1 is 0.500 bits per heavy atom. The van der Waals surface area contributed by atoms with Crippen LogP contribution in [0.15, 0.2) is 132 Å². The summed E-state index contributed by atoms with van der Waals surface area (Å²) in [6, 6.07) is 31.7. The number of ketones is 4. The molecule has 4 aliphatic carbocycles. The van der Waals surface area contributed by atoms with Gasteiger partial charge in [0, 0.05) is 43.8 Å². The number of carbonyl (C=O) groups excluding carboxylic acids is 6. The number of allylic oxidation sites excluding steroid dienone is 4. The molecule has 12 heteroatoms. The molecule has 0 radical (unpaired) electrons. The highest BCUT2D eigenvalue weighted by Crippen LogP contribution is 2.54. The van der Waals surface area contributed by atoms with Crippen LogP contribution in [0.3, 0.4) is 0 Å². The third-order valence-corrected chi connectivity index (χ3v) is 13.0. The number of hydrogen-bond acceptors (Lipinski definition) is 12. The Labute approximate surface area is 349 Å². The first-order valence-electron chi connectivity index (χ1n) is 18.9. The molecule has 2 heterocycles. The first kappa shape index (κ1) is 37.0. The minimum atomic E-state index is -0.645. The van der Waals surface area contributed by atoms with Gasteiger partial charge in [-0.1, -0.05) is 121 Å². The van der Waals surface area contributed by atoms with E-state index >= 15 is 0 Å². The summed E-state index contributed by atoms with van der Waals surface area (Å²) >= 11 is 2.39. The van der Waals surface area contributed by atoms with Gasteiger partial charge in [0.1, 0.15) is 23.2 Å². The average molecular weight is 825 g/mol. The Hall–Kier alpha value is -7.28.